The minimum absolute atomic E-state index is 0. The number of hydrogen-bond donors (Lipinski definition) is 0. The van der Waals surface area contributed by atoms with Crippen LogP contribution in [0.25, 0.3) is 0 Å². The summed E-state index contributed by atoms with van der Waals surface area (Å²) in [6, 6.07) is 0. The molecule has 0 N–H and O–H groups in total. The summed E-state index contributed by atoms with van der Waals surface area (Å²) in [4.78, 5) is 0. The van der Waals surface area contributed by atoms with Gasteiger partial charge in [-0.3, -0.25) is 0 Å². The third-order valence-electron chi connectivity index (χ3n) is 0. The van der Waals surface area contributed by atoms with Gasteiger partial charge >= 0.3 is 0 Å². The van der Waals surface area contributed by atoms with Crippen molar-refractivity contribution >= 4 is 18.1 Å². The Balaban J connectivity index is -0.00000000500. The smallest absolute Gasteiger partial charge is 0 e. The van der Waals surface area contributed by atoms with Crippen molar-refractivity contribution in [3.8, 4) is 0 Å². The Labute approximate surface area is 77.1 Å². The summed E-state index contributed by atoms with van der Waals surface area (Å²) in [5, 5.41) is 0. The Bertz CT molecular complexity index is 7.51. The average Bonchev–Trinajstić information content (AvgIpc) is 1.50. The van der Waals surface area contributed by atoms with Gasteiger partial charge in [0.05, 0.1) is 0 Å². The zero-order valence-electron chi connectivity index (χ0n) is 3.45. The van der Waals surface area contributed by atoms with Crippen LogP contribution >= 0.6 is 12.2 Å². The minimum Gasteiger partial charge on any atom is -0.0973 e. The van der Waals surface area contributed by atoms with Gasteiger partial charge in [-0.1, -0.05) is 33.5 Å². The van der Waals surface area contributed by atoms with Crippen molar-refractivity contribution in [3.63, 3.8) is 0 Å². The van der Waals surface area contributed by atoms with Crippen molar-refractivity contribution in [3.05, 3.63) is 0 Å². The summed E-state index contributed by atoms with van der Waals surface area (Å²) in [6.45, 7) is 4.00. The molecule has 0 heterocycles. The van der Waals surface area contributed by atoms with Crippen LogP contribution < -0.4 is 0 Å². The molecule has 0 spiro atoms. The van der Waals surface area contributed by atoms with Crippen LogP contribution in [0.4, 0.5) is 0 Å². The van der Waals surface area contributed by atoms with Crippen molar-refractivity contribution in [1.82, 2.24) is 0 Å². The van der Waals surface area contributed by atoms with Gasteiger partial charge in [0.15, 0.2) is 0 Å². The van der Waals surface area contributed by atoms with Gasteiger partial charge in [-0.05, 0) is 5.87 Å². The molecule has 0 nitrogen and oxygen atoms in total. The fraction of sp³-hybridized carbons (Fsp3) is 0.750. The van der Waals surface area contributed by atoms with E-state index >= 15 is 0 Å². The molecular formula is C4H12STb. The molecule has 0 aromatic carbocycles. The first-order chi connectivity index (χ1) is 2.00. The summed E-state index contributed by atoms with van der Waals surface area (Å²) < 4.78 is 0. The van der Waals surface area contributed by atoms with Crippen LogP contribution in [0.1, 0.15) is 21.3 Å². The van der Waals surface area contributed by atoms with Crippen molar-refractivity contribution in [1.29, 1.82) is 0 Å². The maximum absolute atomic E-state index is 3.83. The van der Waals surface area contributed by atoms with Gasteiger partial charge in [-0.15, -0.1) is 0 Å². The van der Waals surface area contributed by atoms with E-state index in [0.717, 1.165) is 0 Å². The first-order valence-corrected chi connectivity index (χ1v) is 1.87. The number of thiocarbonyl (C=S) groups is 1. The van der Waals surface area contributed by atoms with E-state index in [1.807, 2.05) is 13.8 Å². The van der Waals surface area contributed by atoms with Crippen molar-refractivity contribution in [2.24, 2.45) is 0 Å². The monoisotopic (exact) mass is 251 g/mol. The molecule has 0 aliphatic heterocycles. The number of rotatable bonds is 0. The largest absolute Gasteiger partial charge is 0.0973 e. The van der Waals surface area contributed by atoms with Gasteiger partial charge in [-0.2, -0.15) is 0 Å². The fourth-order valence-electron chi connectivity index (χ4n) is 0. The molecule has 0 unspecified atom stereocenters. The molecule has 2 heteroatoms. The van der Waals surface area contributed by atoms with Crippen molar-refractivity contribution in [2.75, 3.05) is 0 Å². The molecule has 6 heavy (non-hydrogen) atoms. The number of hydrogen-bond acceptors (Lipinski definition) is 1. The van der Waals surface area contributed by atoms with E-state index in [1.54, 1.807) is 0 Å². The molecule has 0 amide bonds. The predicted octanol–water partition coefficient (Wildman–Crippen LogP) is 2.28. The molecule has 0 fully saturated rings. The molecule has 0 aliphatic rings. The molecular weight excluding hydrogens is 239 g/mol. The summed E-state index contributed by atoms with van der Waals surface area (Å²) in [7, 11) is 0. The fourth-order valence-corrected chi connectivity index (χ4v) is 0. The predicted molar refractivity (Wildman–Crippen MR) is 32.8 cm³/mol. The second-order valence-electron chi connectivity index (χ2n) is 0. The standard InChI is InChI=1S/C2H6.CH2S.CH4.Tb/c2*1-2;;/h1-2H3;1H2;1H4;. The second kappa shape index (κ2) is 97.4. The molecule has 0 saturated heterocycles. The van der Waals surface area contributed by atoms with Crippen LogP contribution in [0.15, 0.2) is 0 Å². The van der Waals surface area contributed by atoms with Gasteiger partial charge in [0.1, 0.15) is 0 Å². The Morgan fingerprint density at radius 2 is 1.17 bits per heavy atom. The first kappa shape index (κ1) is 26.3. The molecule has 0 atom stereocenters. The van der Waals surface area contributed by atoms with Crippen LogP contribution in [-0.4, -0.2) is 5.87 Å². The molecule has 0 aliphatic carbocycles. The second-order valence-corrected chi connectivity index (χ2v) is 0. The maximum Gasteiger partial charge on any atom is 0 e. The summed E-state index contributed by atoms with van der Waals surface area (Å²) in [5.41, 5.74) is 0. The van der Waals surface area contributed by atoms with Crippen LogP contribution in [0, 0.1) is 38.6 Å². The maximum atomic E-state index is 3.83. The van der Waals surface area contributed by atoms with Crippen LogP contribution in [0.5, 0.6) is 0 Å². The van der Waals surface area contributed by atoms with Gasteiger partial charge in [0, 0.05) is 38.6 Å². The zero-order chi connectivity index (χ0) is 4.00. The Kier molecular flexibility index (Phi) is 427. The Morgan fingerprint density at radius 1 is 1.17 bits per heavy atom. The van der Waals surface area contributed by atoms with E-state index < -0.39 is 0 Å². The summed E-state index contributed by atoms with van der Waals surface area (Å²) in [6.07, 6.45) is 0. The third-order valence-corrected chi connectivity index (χ3v) is 0. The molecule has 0 rings (SSSR count). The molecule has 0 aromatic heterocycles. The van der Waals surface area contributed by atoms with E-state index in [2.05, 4.69) is 18.1 Å². The normalized spacial score (nSPS) is 1.67. The minimum atomic E-state index is 0. The molecule has 0 aromatic rings. The van der Waals surface area contributed by atoms with E-state index in [1.165, 1.54) is 0 Å². The Morgan fingerprint density at radius 3 is 1.17 bits per heavy atom. The zero-order valence-corrected chi connectivity index (χ0v) is 6.40. The van der Waals surface area contributed by atoms with Gasteiger partial charge < -0.3 is 0 Å². The molecule has 1 radical (unpaired) electrons. The van der Waals surface area contributed by atoms with Gasteiger partial charge in [-0.25, -0.2) is 0 Å². The van der Waals surface area contributed by atoms with Crippen LogP contribution in [0.2, 0.25) is 0 Å². The third kappa shape index (κ3) is 54.4. The summed E-state index contributed by atoms with van der Waals surface area (Å²) >= 11 is 3.83. The van der Waals surface area contributed by atoms with Crippen molar-refractivity contribution in [2.45, 2.75) is 21.3 Å². The van der Waals surface area contributed by atoms with Crippen LogP contribution in [-0.2, 0) is 0 Å². The quantitative estimate of drug-likeness (QED) is 0.595. The molecule has 0 bridgehead atoms. The summed E-state index contributed by atoms with van der Waals surface area (Å²) in [5.74, 6) is 2.83. The van der Waals surface area contributed by atoms with Gasteiger partial charge in [0.25, 0.3) is 0 Å². The SMILES string of the molecule is C.C=S.CC.[Tb]. The van der Waals surface area contributed by atoms with Gasteiger partial charge in [0.2, 0.25) is 0 Å². The molecule has 0 saturated carbocycles. The average molecular weight is 251 g/mol. The first-order valence-electron chi connectivity index (χ1n) is 1.29. The van der Waals surface area contributed by atoms with Crippen LogP contribution in [0.3, 0.4) is 0 Å². The van der Waals surface area contributed by atoms with E-state index in [4.69, 9.17) is 0 Å². The van der Waals surface area contributed by atoms with E-state index in [0.29, 0.717) is 0 Å². The molecule has 43 valence electrons. The van der Waals surface area contributed by atoms with E-state index in [-0.39, 0.29) is 46.0 Å². The topological polar surface area (TPSA) is 0 Å². The van der Waals surface area contributed by atoms with Crippen molar-refractivity contribution < 1.29 is 38.6 Å². The Hall–Kier alpha value is 1.38. The van der Waals surface area contributed by atoms with E-state index in [9.17, 15) is 0 Å².